The molecule has 1 aliphatic rings. The van der Waals surface area contributed by atoms with Crippen molar-refractivity contribution in [2.24, 2.45) is 5.92 Å². The zero-order chi connectivity index (χ0) is 16.3. The minimum absolute atomic E-state index is 0.149. The van der Waals surface area contributed by atoms with Gasteiger partial charge in [-0.3, -0.25) is 0 Å². The summed E-state index contributed by atoms with van der Waals surface area (Å²) in [5.41, 5.74) is 1.41. The zero-order valence-electron chi connectivity index (χ0n) is 14.2. The molecule has 0 spiro atoms. The molecular formula is C20H27NO2. The van der Waals surface area contributed by atoms with E-state index in [-0.39, 0.29) is 5.41 Å². The van der Waals surface area contributed by atoms with E-state index in [1.807, 2.05) is 18.2 Å². The van der Waals surface area contributed by atoms with Crippen LogP contribution in [0.5, 0.6) is 5.75 Å². The van der Waals surface area contributed by atoms with Crippen molar-refractivity contribution in [1.29, 1.82) is 0 Å². The Morgan fingerprint density at radius 1 is 1.30 bits per heavy atom. The summed E-state index contributed by atoms with van der Waals surface area (Å²) < 4.78 is 5.40. The second kappa shape index (κ2) is 6.79. The van der Waals surface area contributed by atoms with Crippen LogP contribution in [0.25, 0.3) is 0 Å². The van der Waals surface area contributed by atoms with E-state index in [4.69, 9.17) is 4.42 Å². The Balaban J connectivity index is 1.56. The third-order valence-corrected chi connectivity index (χ3v) is 5.55. The molecule has 1 aliphatic heterocycles. The second-order valence-corrected chi connectivity index (χ2v) is 7.10. The van der Waals surface area contributed by atoms with Gasteiger partial charge in [-0.2, -0.15) is 0 Å². The van der Waals surface area contributed by atoms with Gasteiger partial charge in [-0.15, -0.1) is 0 Å². The summed E-state index contributed by atoms with van der Waals surface area (Å²) >= 11 is 0. The Labute approximate surface area is 138 Å². The van der Waals surface area contributed by atoms with E-state index in [1.54, 1.807) is 12.3 Å². The van der Waals surface area contributed by atoms with Gasteiger partial charge in [-0.05, 0) is 67.1 Å². The van der Waals surface area contributed by atoms with Crippen LogP contribution >= 0.6 is 0 Å². The van der Waals surface area contributed by atoms with Crippen LogP contribution < -0.4 is 0 Å². The molecule has 0 amide bonds. The number of benzene rings is 1. The summed E-state index contributed by atoms with van der Waals surface area (Å²) in [7, 11) is 0. The van der Waals surface area contributed by atoms with Crippen LogP contribution in [0.1, 0.15) is 38.0 Å². The van der Waals surface area contributed by atoms with Gasteiger partial charge in [0, 0.05) is 13.0 Å². The van der Waals surface area contributed by atoms with Gasteiger partial charge in [0.25, 0.3) is 0 Å². The van der Waals surface area contributed by atoms with Crippen LogP contribution in [0.2, 0.25) is 0 Å². The van der Waals surface area contributed by atoms with Gasteiger partial charge < -0.3 is 14.4 Å². The zero-order valence-corrected chi connectivity index (χ0v) is 14.2. The first-order valence-corrected chi connectivity index (χ1v) is 8.62. The molecule has 1 saturated heterocycles. The number of aromatic hydroxyl groups is 1. The Hall–Kier alpha value is -1.74. The van der Waals surface area contributed by atoms with Gasteiger partial charge in [0.05, 0.1) is 6.26 Å². The maximum atomic E-state index is 9.78. The van der Waals surface area contributed by atoms with Crippen LogP contribution in [0.3, 0.4) is 0 Å². The first-order chi connectivity index (χ1) is 11.1. The largest absolute Gasteiger partial charge is 0.508 e. The summed E-state index contributed by atoms with van der Waals surface area (Å²) in [6.45, 7) is 8.04. The lowest BCUT2D eigenvalue weighted by molar-refractivity contribution is 0.110. The predicted molar refractivity (Wildman–Crippen MR) is 92.7 cm³/mol. The summed E-state index contributed by atoms with van der Waals surface area (Å²) in [4.78, 5) is 2.57. The van der Waals surface area contributed by atoms with E-state index in [0.717, 1.165) is 44.7 Å². The van der Waals surface area contributed by atoms with Crippen molar-refractivity contribution in [1.82, 2.24) is 4.90 Å². The van der Waals surface area contributed by atoms with Crippen molar-refractivity contribution in [3.05, 3.63) is 54.0 Å². The molecule has 0 radical (unpaired) electrons. The number of phenolic OH excluding ortho intramolecular Hbond substituents is 1. The molecule has 0 aliphatic carbocycles. The quantitative estimate of drug-likeness (QED) is 0.898. The standard InChI is InChI=1S/C20H27NO2/c1-16-15-21(11-4-8-19-9-5-13-23-19)12-10-20(16,2)17-6-3-7-18(22)14-17/h3,5-7,9,13-14,16,22H,4,8,10-12,15H2,1-2H3/t16-,20+/m1/s1. The Morgan fingerprint density at radius 3 is 2.87 bits per heavy atom. The number of rotatable bonds is 5. The number of furan rings is 1. The average Bonchev–Trinajstić information content (AvgIpc) is 3.04. The van der Waals surface area contributed by atoms with Gasteiger partial charge in [-0.1, -0.05) is 26.0 Å². The van der Waals surface area contributed by atoms with Crippen LogP contribution in [0.4, 0.5) is 0 Å². The van der Waals surface area contributed by atoms with Crippen LogP contribution in [-0.4, -0.2) is 29.6 Å². The van der Waals surface area contributed by atoms with Crippen LogP contribution in [0.15, 0.2) is 47.1 Å². The molecule has 0 saturated carbocycles. The van der Waals surface area contributed by atoms with Gasteiger partial charge in [-0.25, -0.2) is 0 Å². The molecule has 2 atom stereocenters. The van der Waals surface area contributed by atoms with E-state index in [1.165, 1.54) is 5.56 Å². The molecule has 3 heteroatoms. The van der Waals surface area contributed by atoms with Gasteiger partial charge >= 0.3 is 0 Å². The summed E-state index contributed by atoms with van der Waals surface area (Å²) in [5.74, 6) is 2.03. The van der Waals surface area contributed by atoms with Crippen molar-refractivity contribution in [2.75, 3.05) is 19.6 Å². The molecule has 1 aromatic carbocycles. The summed E-state index contributed by atoms with van der Waals surface area (Å²) in [5, 5.41) is 9.78. The van der Waals surface area contributed by atoms with Gasteiger partial charge in [0.15, 0.2) is 0 Å². The molecule has 1 N–H and O–H groups in total. The molecule has 3 nitrogen and oxygen atoms in total. The molecule has 2 aromatic rings. The lowest BCUT2D eigenvalue weighted by atomic mass is 9.68. The molecule has 124 valence electrons. The maximum Gasteiger partial charge on any atom is 0.115 e. The van der Waals surface area contributed by atoms with Gasteiger partial charge in [0.1, 0.15) is 11.5 Å². The SMILES string of the molecule is C[C@@H]1CN(CCCc2ccco2)CC[C@]1(C)c1cccc(O)c1. The lowest BCUT2D eigenvalue weighted by Gasteiger charge is -2.45. The number of nitrogens with zero attached hydrogens (tertiary/aromatic N) is 1. The van der Waals surface area contributed by atoms with E-state index in [0.29, 0.717) is 11.7 Å². The number of piperidine rings is 1. The van der Waals surface area contributed by atoms with Gasteiger partial charge in [0.2, 0.25) is 0 Å². The first-order valence-electron chi connectivity index (χ1n) is 8.62. The fourth-order valence-electron chi connectivity index (χ4n) is 3.74. The van der Waals surface area contributed by atoms with Crippen LogP contribution in [0, 0.1) is 5.92 Å². The molecule has 23 heavy (non-hydrogen) atoms. The van der Waals surface area contributed by atoms with E-state index in [9.17, 15) is 5.11 Å². The number of phenols is 1. The van der Waals surface area contributed by atoms with Crippen molar-refractivity contribution in [2.45, 2.75) is 38.5 Å². The fourth-order valence-corrected chi connectivity index (χ4v) is 3.74. The number of hydrogen-bond acceptors (Lipinski definition) is 3. The number of hydrogen-bond donors (Lipinski definition) is 1. The van der Waals surface area contributed by atoms with Crippen molar-refractivity contribution < 1.29 is 9.52 Å². The summed E-state index contributed by atoms with van der Waals surface area (Å²) in [6.07, 6.45) is 5.04. The average molecular weight is 313 g/mol. The molecule has 2 heterocycles. The number of likely N-dealkylation sites (tertiary alicyclic amines) is 1. The minimum Gasteiger partial charge on any atom is -0.508 e. The van der Waals surface area contributed by atoms with Crippen molar-refractivity contribution in [3.8, 4) is 5.75 Å². The highest BCUT2D eigenvalue weighted by Crippen LogP contribution is 2.40. The highest BCUT2D eigenvalue weighted by atomic mass is 16.3. The molecule has 3 rings (SSSR count). The minimum atomic E-state index is 0.149. The maximum absolute atomic E-state index is 9.78. The highest BCUT2D eigenvalue weighted by molar-refractivity contribution is 5.33. The fraction of sp³-hybridized carbons (Fsp3) is 0.500. The normalized spacial score (nSPS) is 25.6. The van der Waals surface area contributed by atoms with Crippen LogP contribution in [-0.2, 0) is 11.8 Å². The lowest BCUT2D eigenvalue weighted by Crippen LogP contribution is -2.47. The second-order valence-electron chi connectivity index (χ2n) is 7.10. The van der Waals surface area contributed by atoms with E-state index >= 15 is 0 Å². The monoisotopic (exact) mass is 313 g/mol. The first kappa shape index (κ1) is 16.1. The molecule has 0 bridgehead atoms. The van der Waals surface area contributed by atoms with Crippen molar-refractivity contribution >= 4 is 0 Å². The Kier molecular flexibility index (Phi) is 4.76. The van der Waals surface area contributed by atoms with E-state index < -0.39 is 0 Å². The molecule has 0 unspecified atom stereocenters. The van der Waals surface area contributed by atoms with Crippen molar-refractivity contribution in [3.63, 3.8) is 0 Å². The third-order valence-electron chi connectivity index (χ3n) is 5.55. The predicted octanol–water partition coefficient (Wildman–Crippen LogP) is 4.22. The third kappa shape index (κ3) is 3.61. The smallest absolute Gasteiger partial charge is 0.115 e. The molecule has 1 fully saturated rings. The highest BCUT2D eigenvalue weighted by Gasteiger charge is 2.37. The molecule has 1 aromatic heterocycles. The summed E-state index contributed by atoms with van der Waals surface area (Å²) in [6, 6.07) is 11.8. The Bertz CT molecular complexity index is 622. The topological polar surface area (TPSA) is 36.6 Å². The number of aryl methyl sites for hydroxylation is 1. The Morgan fingerprint density at radius 2 is 2.17 bits per heavy atom. The molecular weight excluding hydrogens is 286 g/mol. The van der Waals surface area contributed by atoms with E-state index in [2.05, 4.69) is 30.9 Å².